The van der Waals surface area contributed by atoms with Gasteiger partial charge in [-0.25, -0.2) is 13.2 Å². The van der Waals surface area contributed by atoms with Gasteiger partial charge in [0, 0.05) is 37.0 Å². The van der Waals surface area contributed by atoms with Crippen molar-refractivity contribution in [3.8, 4) is 0 Å². The van der Waals surface area contributed by atoms with Gasteiger partial charge in [0.1, 0.15) is 0 Å². The van der Waals surface area contributed by atoms with Gasteiger partial charge in [-0.05, 0) is 18.9 Å². The number of rotatable bonds is 2. The van der Waals surface area contributed by atoms with Gasteiger partial charge in [-0.15, -0.1) is 0 Å². The fourth-order valence-corrected chi connectivity index (χ4v) is 2.36. The third kappa shape index (κ3) is 3.21. The van der Waals surface area contributed by atoms with Crippen LogP contribution in [-0.4, -0.2) is 25.7 Å². The lowest BCUT2D eigenvalue weighted by Gasteiger charge is -2.28. The monoisotopic (exact) mass is 272 g/mol. The molecule has 0 spiro atoms. The zero-order valence-electron chi connectivity index (χ0n) is 11.2. The smallest absolute Gasteiger partial charge is 0.194 e. The number of hydrogen-bond donors (Lipinski definition) is 1. The number of nitrogens with zero attached hydrogens (tertiary/aromatic N) is 1. The lowest BCUT2D eigenvalue weighted by Crippen LogP contribution is -2.41. The van der Waals surface area contributed by atoms with E-state index >= 15 is 0 Å². The van der Waals surface area contributed by atoms with Crippen LogP contribution in [-0.2, 0) is 0 Å². The summed E-state index contributed by atoms with van der Waals surface area (Å²) in [5.41, 5.74) is 0.408. The summed E-state index contributed by atoms with van der Waals surface area (Å²) in [6.45, 7) is 6.47. The zero-order chi connectivity index (χ0) is 14.0. The largest absolute Gasteiger partial charge is 0.370 e. The summed E-state index contributed by atoms with van der Waals surface area (Å²) in [5.74, 6) is -3.24. The molecule has 1 aromatic rings. The van der Waals surface area contributed by atoms with Crippen molar-refractivity contribution in [1.29, 1.82) is 0 Å². The highest BCUT2D eigenvalue weighted by Gasteiger charge is 2.22. The second-order valence-electron chi connectivity index (χ2n) is 5.33. The second-order valence-corrected chi connectivity index (χ2v) is 5.33. The van der Waals surface area contributed by atoms with Gasteiger partial charge in [0.15, 0.2) is 17.5 Å². The minimum absolute atomic E-state index is 0.263. The summed E-state index contributed by atoms with van der Waals surface area (Å²) >= 11 is 0. The molecule has 1 heterocycles. The van der Waals surface area contributed by atoms with Crippen molar-refractivity contribution >= 4 is 5.69 Å². The molecule has 2 nitrogen and oxygen atoms in total. The van der Waals surface area contributed by atoms with E-state index in [1.807, 2.05) is 4.90 Å². The second kappa shape index (κ2) is 5.82. The predicted molar refractivity (Wildman–Crippen MR) is 69.8 cm³/mol. The van der Waals surface area contributed by atoms with Crippen LogP contribution in [0.25, 0.3) is 0 Å². The number of anilines is 1. The lowest BCUT2D eigenvalue weighted by molar-refractivity contribution is 0.418. The Hall–Kier alpha value is -1.23. The third-order valence-corrected chi connectivity index (χ3v) is 3.57. The molecular weight excluding hydrogens is 253 g/mol. The first-order chi connectivity index (χ1) is 8.99. The van der Waals surface area contributed by atoms with Crippen molar-refractivity contribution in [2.75, 3.05) is 24.5 Å². The summed E-state index contributed by atoms with van der Waals surface area (Å²) in [6.07, 6.45) is 0.893. The molecule has 0 bridgehead atoms. The normalized spacial score (nSPS) is 20.7. The Morgan fingerprint density at radius 1 is 1.21 bits per heavy atom. The highest BCUT2D eigenvalue weighted by Crippen LogP contribution is 2.23. The van der Waals surface area contributed by atoms with E-state index in [1.165, 1.54) is 0 Å². The van der Waals surface area contributed by atoms with E-state index in [-0.39, 0.29) is 6.04 Å². The van der Waals surface area contributed by atoms with Gasteiger partial charge in [-0.2, -0.15) is 0 Å². The Balaban J connectivity index is 2.24. The highest BCUT2D eigenvalue weighted by molar-refractivity contribution is 5.47. The minimum atomic E-state index is -1.41. The molecule has 1 aliphatic heterocycles. The maximum atomic E-state index is 13.3. The molecule has 19 heavy (non-hydrogen) atoms. The molecule has 0 amide bonds. The molecule has 1 unspecified atom stereocenters. The Morgan fingerprint density at radius 2 is 1.84 bits per heavy atom. The van der Waals surface area contributed by atoms with Crippen LogP contribution in [0.2, 0.25) is 0 Å². The van der Waals surface area contributed by atoms with E-state index in [2.05, 4.69) is 19.2 Å². The van der Waals surface area contributed by atoms with Gasteiger partial charge in [0.05, 0.1) is 0 Å². The van der Waals surface area contributed by atoms with Gasteiger partial charge in [0.2, 0.25) is 0 Å². The number of benzene rings is 1. The first kappa shape index (κ1) is 14.2. The molecule has 106 valence electrons. The summed E-state index contributed by atoms with van der Waals surface area (Å²) in [4.78, 5) is 1.91. The molecular formula is C14H19F3N2. The average molecular weight is 272 g/mol. The maximum absolute atomic E-state index is 13.3. The van der Waals surface area contributed by atoms with Crippen molar-refractivity contribution in [2.24, 2.45) is 5.92 Å². The van der Waals surface area contributed by atoms with Crippen LogP contribution >= 0.6 is 0 Å². The zero-order valence-corrected chi connectivity index (χ0v) is 11.2. The maximum Gasteiger partial charge on any atom is 0.194 e. The molecule has 2 rings (SSSR count). The van der Waals surface area contributed by atoms with E-state index < -0.39 is 17.5 Å². The average Bonchev–Trinajstić information content (AvgIpc) is 2.61. The van der Waals surface area contributed by atoms with Gasteiger partial charge < -0.3 is 10.2 Å². The number of hydrogen-bond acceptors (Lipinski definition) is 2. The number of halogens is 3. The van der Waals surface area contributed by atoms with Crippen molar-refractivity contribution in [1.82, 2.24) is 5.32 Å². The molecule has 1 aliphatic rings. The summed E-state index contributed by atoms with van der Waals surface area (Å²) < 4.78 is 39.6. The molecule has 5 heteroatoms. The van der Waals surface area contributed by atoms with Gasteiger partial charge in [-0.1, -0.05) is 13.8 Å². The van der Waals surface area contributed by atoms with E-state index in [0.29, 0.717) is 24.7 Å². The summed E-state index contributed by atoms with van der Waals surface area (Å²) in [5, 5.41) is 3.42. The highest BCUT2D eigenvalue weighted by atomic mass is 19.2. The van der Waals surface area contributed by atoms with Crippen LogP contribution in [0.4, 0.5) is 18.9 Å². The standard InChI is InChI=1S/C14H19F3N2/c1-9(2)13-8-19(5-3-4-18-13)10-6-11(15)14(17)12(16)7-10/h6-7,9,13,18H,3-5,8H2,1-2H3. The van der Waals surface area contributed by atoms with Crippen molar-refractivity contribution in [3.63, 3.8) is 0 Å². The van der Waals surface area contributed by atoms with Crippen molar-refractivity contribution < 1.29 is 13.2 Å². The molecule has 1 N–H and O–H groups in total. The molecule has 0 aromatic heterocycles. The molecule has 1 atom stereocenters. The Kier molecular flexibility index (Phi) is 4.34. The molecule has 0 aliphatic carbocycles. The Labute approximate surface area is 111 Å². The molecule has 0 saturated carbocycles. The van der Waals surface area contributed by atoms with Gasteiger partial charge in [-0.3, -0.25) is 0 Å². The van der Waals surface area contributed by atoms with E-state index in [4.69, 9.17) is 0 Å². The van der Waals surface area contributed by atoms with Crippen molar-refractivity contribution in [3.05, 3.63) is 29.6 Å². The first-order valence-corrected chi connectivity index (χ1v) is 6.62. The van der Waals surface area contributed by atoms with Crippen LogP contribution in [0.15, 0.2) is 12.1 Å². The molecule has 0 radical (unpaired) electrons. The molecule has 1 fully saturated rings. The van der Waals surface area contributed by atoms with Crippen LogP contribution in [0.5, 0.6) is 0 Å². The predicted octanol–water partition coefficient (Wildman–Crippen LogP) is 2.93. The van der Waals surface area contributed by atoms with Gasteiger partial charge >= 0.3 is 0 Å². The van der Waals surface area contributed by atoms with Gasteiger partial charge in [0.25, 0.3) is 0 Å². The Morgan fingerprint density at radius 3 is 2.42 bits per heavy atom. The van der Waals surface area contributed by atoms with E-state index in [0.717, 1.165) is 25.1 Å². The van der Waals surface area contributed by atoms with Crippen LogP contribution in [0.3, 0.4) is 0 Å². The van der Waals surface area contributed by atoms with Crippen LogP contribution in [0, 0.1) is 23.4 Å². The fraction of sp³-hybridized carbons (Fsp3) is 0.571. The molecule has 1 saturated heterocycles. The number of nitrogens with one attached hydrogen (secondary N) is 1. The fourth-order valence-electron chi connectivity index (χ4n) is 2.36. The Bertz CT molecular complexity index is 425. The first-order valence-electron chi connectivity index (χ1n) is 6.62. The van der Waals surface area contributed by atoms with E-state index in [9.17, 15) is 13.2 Å². The summed E-state index contributed by atoms with van der Waals surface area (Å²) in [7, 11) is 0. The van der Waals surface area contributed by atoms with Crippen LogP contribution < -0.4 is 10.2 Å². The minimum Gasteiger partial charge on any atom is -0.370 e. The van der Waals surface area contributed by atoms with Crippen molar-refractivity contribution in [2.45, 2.75) is 26.3 Å². The third-order valence-electron chi connectivity index (χ3n) is 3.57. The summed E-state index contributed by atoms with van der Waals surface area (Å²) in [6, 6.07) is 2.40. The molecule has 1 aromatic carbocycles. The SMILES string of the molecule is CC(C)C1CN(c2cc(F)c(F)c(F)c2)CCCN1. The lowest BCUT2D eigenvalue weighted by atomic mass is 10.0. The topological polar surface area (TPSA) is 15.3 Å². The quantitative estimate of drug-likeness (QED) is 0.833. The van der Waals surface area contributed by atoms with E-state index in [1.54, 1.807) is 0 Å². The van der Waals surface area contributed by atoms with Crippen LogP contribution in [0.1, 0.15) is 20.3 Å².